The van der Waals surface area contributed by atoms with Crippen LogP contribution in [0.5, 0.6) is 0 Å². The predicted octanol–water partition coefficient (Wildman–Crippen LogP) is 11.4. The highest BCUT2D eigenvalue weighted by atomic mass is 32.2. The van der Waals surface area contributed by atoms with Crippen molar-refractivity contribution in [3.05, 3.63) is 133 Å². The second kappa shape index (κ2) is 8.35. The van der Waals surface area contributed by atoms with Gasteiger partial charge >= 0.3 is 0 Å². The van der Waals surface area contributed by atoms with Gasteiger partial charge in [-0.15, -0.1) is 0 Å². The highest BCUT2D eigenvalue weighted by Gasteiger charge is 2.21. The third-order valence-corrected chi connectivity index (χ3v) is 9.44. The summed E-state index contributed by atoms with van der Waals surface area (Å²) in [5.41, 5.74) is 9.35. The van der Waals surface area contributed by atoms with Crippen LogP contribution >= 0.6 is 11.8 Å². The van der Waals surface area contributed by atoms with E-state index in [0.29, 0.717) is 0 Å². The Labute approximate surface area is 235 Å². The third-order valence-electron chi connectivity index (χ3n) is 8.31. The van der Waals surface area contributed by atoms with Crippen molar-refractivity contribution in [2.24, 2.45) is 0 Å². The summed E-state index contributed by atoms with van der Waals surface area (Å²) in [5.74, 6) is 0. The average Bonchev–Trinajstić information content (AvgIpc) is 3.40. The van der Waals surface area contributed by atoms with Crippen LogP contribution < -0.4 is 0 Å². The number of rotatable bonds is 2. The minimum absolute atomic E-state index is 0.925. The molecule has 7 aromatic carbocycles. The first-order valence-electron chi connectivity index (χ1n) is 13.6. The summed E-state index contributed by atoms with van der Waals surface area (Å²) in [6.07, 6.45) is 0. The van der Waals surface area contributed by atoms with Crippen molar-refractivity contribution in [2.75, 3.05) is 0 Å². The molecule has 0 saturated carbocycles. The Morgan fingerprint density at radius 1 is 0.350 bits per heavy atom. The van der Waals surface area contributed by atoms with E-state index in [1.807, 2.05) is 17.8 Å². The van der Waals surface area contributed by atoms with Gasteiger partial charge in [0.1, 0.15) is 11.2 Å². The summed E-state index contributed by atoms with van der Waals surface area (Å²) in [6.45, 7) is 0. The van der Waals surface area contributed by atoms with Crippen LogP contribution in [0.15, 0.2) is 148 Å². The van der Waals surface area contributed by atoms with E-state index in [1.54, 1.807) is 0 Å². The predicted molar refractivity (Wildman–Crippen MR) is 169 cm³/mol. The molecular formula is C38H22OS. The highest BCUT2D eigenvalue weighted by molar-refractivity contribution is 7.99. The second-order valence-corrected chi connectivity index (χ2v) is 11.5. The van der Waals surface area contributed by atoms with Crippen molar-refractivity contribution in [1.82, 2.24) is 0 Å². The first-order valence-corrected chi connectivity index (χ1v) is 14.4. The Morgan fingerprint density at radius 2 is 0.925 bits per heavy atom. The van der Waals surface area contributed by atoms with E-state index in [-0.39, 0.29) is 0 Å². The molecule has 2 heteroatoms. The van der Waals surface area contributed by atoms with Gasteiger partial charge in [-0.1, -0.05) is 127 Å². The SMILES string of the molecule is c1ccc2c(c1)Sc1ccc(-c3ccc(-c4cccc5c4oc4ccccc45)c4ccccc34)c3cccc-2c13. The molecule has 2 heterocycles. The summed E-state index contributed by atoms with van der Waals surface area (Å²) in [4.78, 5) is 2.65. The van der Waals surface area contributed by atoms with E-state index in [4.69, 9.17) is 4.42 Å². The zero-order valence-corrected chi connectivity index (χ0v) is 22.3. The van der Waals surface area contributed by atoms with Gasteiger partial charge in [0.05, 0.1) is 0 Å². The molecule has 40 heavy (non-hydrogen) atoms. The van der Waals surface area contributed by atoms with Gasteiger partial charge in [-0.2, -0.15) is 0 Å². The molecule has 0 radical (unpaired) electrons. The van der Waals surface area contributed by atoms with Crippen LogP contribution in [0.4, 0.5) is 0 Å². The molecule has 0 spiro atoms. The van der Waals surface area contributed by atoms with Crippen LogP contribution in [-0.2, 0) is 0 Å². The zero-order valence-electron chi connectivity index (χ0n) is 21.5. The van der Waals surface area contributed by atoms with Crippen molar-refractivity contribution in [1.29, 1.82) is 0 Å². The second-order valence-electron chi connectivity index (χ2n) is 10.4. The van der Waals surface area contributed by atoms with Crippen LogP contribution in [0, 0.1) is 0 Å². The number of furan rings is 1. The van der Waals surface area contributed by atoms with Crippen molar-refractivity contribution in [3.63, 3.8) is 0 Å². The Morgan fingerprint density at radius 3 is 1.77 bits per heavy atom. The lowest BCUT2D eigenvalue weighted by molar-refractivity contribution is 0.670. The smallest absolute Gasteiger partial charge is 0.143 e. The summed E-state index contributed by atoms with van der Waals surface area (Å²) >= 11 is 1.87. The lowest BCUT2D eigenvalue weighted by atomic mass is 9.88. The van der Waals surface area contributed by atoms with Gasteiger partial charge in [0.25, 0.3) is 0 Å². The number of para-hydroxylation sites is 2. The molecule has 186 valence electrons. The first-order chi connectivity index (χ1) is 19.8. The standard InChI is InChI=1S/C38H22OS/c1-2-10-24-23(9-1)25(19-20-27(24)32-15-8-16-33-28-11-3-5-17-34(28)39-38(32)33)26-21-22-36-37-30(26)13-7-14-31(37)29-12-4-6-18-35(29)40-36/h1-22H. The number of benzene rings is 7. The van der Waals surface area contributed by atoms with Crippen LogP contribution in [0.1, 0.15) is 0 Å². The minimum Gasteiger partial charge on any atom is -0.455 e. The third kappa shape index (κ3) is 3.05. The molecule has 8 aromatic rings. The van der Waals surface area contributed by atoms with Gasteiger partial charge in [-0.3, -0.25) is 0 Å². The van der Waals surface area contributed by atoms with Gasteiger partial charge in [0.2, 0.25) is 0 Å². The van der Waals surface area contributed by atoms with Crippen LogP contribution in [0.2, 0.25) is 0 Å². The van der Waals surface area contributed by atoms with Crippen LogP contribution in [0.3, 0.4) is 0 Å². The normalized spacial score (nSPS) is 12.4. The maximum Gasteiger partial charge on any atom is 0.143 e. The minimum atomic E-state index is 0.925. The van der Waals surface area contributed by atoms with Crippen molar-refractivity contribution in [2.45, 2.75) is 9.79 Å². The van der Waals surface area contributed by atoms with Crippen molar-refractivity contribution >= 4 is 55.2 Å². The zero-order chi connectivity index (χ0) is 26.2. The molecule has 0 bridgehead atoms. The Balaban J connectivity index is 1.30. The molecule has 1 aromatic heterocycles. The van der Waals surface area contributed by atoms with Crippen LogP contribution in [-0.4, -0.2) is 0 Å². The summed E-state index contributed by atoms with van der Waals surface area (Å²) in [7, 11) is 0. The Bertz CT molecular complexity index is 2310. The largest absolute Gasteiger partial charge is 0.455 e. The van der Waals surface area contributed by atoms with E-state index in [2.05, 4.69) is 127 Å². The molecular weight excluding hydrogens is 504 g/mol. The number of hydrogen-bond donors (Lipinski definition) is 0. The molecule has 0 saturated heterocycles. The van der Waals surface area contributed by atoms with Crippen molar-refractivity contribution in [3.8, 4) is 33.4 Å². The molecule has 0 unspecified atom stereocenters. The molecule has 1 nitrogen and oxygen atoms in total. The summed E-state index contributed by atoms with van der Waals surface area (Å²) in [6, 6.07) is 48.3. The van der Waals surface area contributed by atoms with Crippen LogP contribution in [0.25, 0.3) is 76.9 Å². The van der Waals surface area contributed by atoms with E-state index in [0.717, 1.165) is 27.5 Å². The Kier molecular flexibility index (Phi) is 4.61. The van der Waals surface area contributed by atoms with E-state index in [1.165, 1.54) is 59.2 Å². The van der Waals surface area contributed by atoms with Gasteiger partial charge in [0, 0.05) is 31.5 Å². The molecule has 1 aliphatic rings. The Hall–Kier alpha value is -4.79. The lowest BCUT2D eigenvalue weighted by Crippen LogP contribution is -1.94. The maximum atomic E-state index is 6.43. The maximum absolute atomic E-state index is 6.43. The first kappa shape index (κ1) is 22.1. The molecule has 9 rings (SSSR count). The summed E-state index contributed by atoms with van der Waals surface area (Å²) < 4.78 is 6.43. The molecule has 0 fully saturated rings. The quantitative estimate of drug-likeness (QED) is 0.222. The molecule has 0 amide bonds. The topological polar surface area (TPSA) is 13.1 Å². The number of hydrogen-bond acceptors (Lipinski definition) is 2. The van der Waals surface area contributed by atoms with E-state index in [9.17, 15) is 0 Å². The fourth-order valence-electron chi connectivity index (χ4n) is 6.54. The van der Waals surface area contributed by atoms with Gasteiger partial charge in [-0.05, 0) is 62.2 Å². The lowest BCUT2D eigenvalue weighted by Gasteiger charge is -2.22. The monoisotopic (exact) mass is 526 g/mol. The summed E-state index contributed by atoms with van der Waals surface area (Å²) in [5, 5.41) is 7.44. The highest BCUT2D eigenvalue weighted by Crippen LogP contribution is 2.50. The van der Waals surface area contributed by atoms with E-state index >= 15 is 0 Å². The molecule has 0 atom stereocenters. The fourth-order valence-corrected chi connectivity index (χ4v) is 7.67. The average molecular weight is 527 g/mol. The van der Waals surface area contributed by atoms with E-state index < -0.39 is 0 Å². The number of fused-ring (bicyclic) bond motifs is 6. The molecule has 1 aliphatic heterocycles. The van der Waals surface area contributed by atoms with Crippen molar-refractivity contribution < 1.29 is 4.42 Å². The van der Waals surface area contributed by atoms with Gasteiger partial charge in [0.15, 0.2) is 0 Å². The van der Waals surface area contributed by atoms with Gasteiger partial charge in [-0.25, -0.2) is 0 Å². The fraction of sp³-hybridized carbons (Fsp3) is 0. The molecule has 0 aliphatic carbocycles. The molecule has 0 N–H and O–H groups in total. The van der Waals surface area contributed by atoms with Gasteiger partial charge < -0.3 is 4.42 Å².